The number of carbonyl (C=O) groups is 3. The van der Waals surface area contributed by atoms with E-state index in [1.54, 1.807) is 11.0 Å². The molecule has 2 N–H and O–H groups in total. The number of hydrogen-bond acceptors (Lipinski definition) is 5. The molecule has 124 valence electrons. The van der Waals surface area contributed by atoms with E-state index in [1.165, 1.54) is 0 Å². The lowest BCUT2D eigenvalue weighted by molar-refractivity contribution is -0.149. The van der Waals surface area contributed by atoms with E-state index in [4.69, 9.17) is 4.74 Å². The molecule has 0 radical (unpaired) electrons. The van der Waals surface area contributed by atoms with Crippen molar-refractivity contribution in [3.63, 3.8) is 0 Å². The summed E-state index contributed by atoms with van der Waals surface area (Å²) in [6.07, 6.45) is 3.29. The molecule has 1 aliphatic heterocycles. The maximum absolute atomic E-state index is 12.0. The van der Waals surface area contributed by atoms with Crippen molar-refractivity contribution in [1.29, 1.82) is 0 Å². The second-order valence-electron chi connectivity index (χ2n) is 5.15. The molecule has 1 rings (SSSR count). The Kier molecular flexibility index (Phi) is 8.21. The molecule has 2 amide bonds. The summed E-state index contributed by atoms with van der Waals surface area (Å²) in [6.45, 7) is 7.35. The molecule has 1 unspecified atom stereocenters. The van der Waals surface area contributed by atoms with Crippen molar-refractivity contribution in [3.8, 4) is 0 Å². The second kappa shape index (κ2) is 9.94. The molecule has 1 aliphatic rings. The first-order chi connectivity index (χ1) is 10.6. The van der Waals surface area contributed by atoms with Crippen molar-refractivity contribution in [3.05, 3.63) is 12.7 Å². The quantitative estimate of drug-likeness (QED) is 0.350. The summed E-state index contributed by atoms with van der Waals surface area (Å²) in [6, 6.07) is -0.655. The summed E-state index contributed by atoms with van der Waals surface area (Å²) in [5.41, 5.74) is 0. The fourth-order valence-corrected chi connectivity index (χ4v) is 2.15. The molecule has 1 fully saturated rings. The minimum absolute atomic E-state index is 0.0374. The highest BCUT2D eigenvalue weighted by Crippen LogP contribution is 2.10. The Bertz CT molecular complexity index is 412. The van der Waals surface area contributed by atoms with Crippen LogP contribution in [0, 0.1) is 0 Å². The lowest BCUT2D eigenvalue weighted by Gasteiger charge is -2.33. The number of rotatable bonds is 9. The molecule has 0 bridgehead atoms. The Hall–Kier alpha value is -1.89. The zero-order valence-electron chi connectivity index (χ0n) is 13.1. The molecule has 1 heterocycles. The molecule has 0 saturated carbocycles. The van der Waals surface area contributed by atoms with Crippen LogP contribution >= 0.6 is 0 Å². The maximum atomic E-state index is 12.0. The van der Waals surface area contributed by atoms with Crippen LogP contribution in [0.1, 0.15) is 26.2 Å². The summed E-state index contributed by atoms with van der Waals surface area (Å²) in [5, 5.41) is 5.38. The lowest BCUT2D eigenvalue weighted by Crippen LogP contribution is -2.58. The van der Waals surface area contributed by atoms with Crippen molar-refractivity contribution in [2.45, 2.75) is 32.2 Å². The third kappa shape index (κ3) is 6.26. The average Bonchev–Trinajstić information content (AvgIpc) is 2.49. The van der Waals surface area contributed by atoms with E-state index in [0.717, 1.165) is 12.8 Å². The number of unbranched alkanes of at least 4 members (excludes halogenated alkanes) is 1. The predicted molar refractivity (Wildman–Crippen MR) is 82.1 cm³/mol. The zero-order valence-corrected chi connectivity index (χ0v) is 13.1. The molecule has 0 spiro atoms. The molecule has 1 saturated heterocycles. The highest BCUT2D eigenvalue weighted by atomic mass is 16.5. The van der Waals surface area contributed by atoms with Gasteiger partial charge in [0.2, 0.25) is 11.8 Å². The number of hydrogen-bond donors (Lipinski definition) is 2. The topological polar surface area (TPSA) is 87.7 Å². The Balaban J connectivity index is 2.53. The van der Waals surface area contributed by atoms with E-state index in [9.17, 15) is 14.4 Å². The Morgan fingerprint density at radius 3 is 3.00 bits per heavy atom. The number of ether oxygens (including phenoxy) is 1. The largest absolute Gasteiger partial charge is 0.466 e. The Morgan fingerprint density at radius 1 is 1.55 bits per heavy atom. The SMILES string of the molecule is C=CCNC(=O)CN1CCNC(=O)C1CC(=O)OCCCC. The van der Waals surface area contributed by atoms with Crippen LogP contribution < -0.4 is 10.6 Å². The van der Waals surface area contributed by atoms with Crippen LogP contribution in [0.15, 0.2) is 12.7 Å². The molecule has 0 aromatic carbocycles. The van der Waals surface area contributed by atoms with E-state index in [1.807, 2.05) is 6.92 Å². The number of nitrogens with zero attached hydrogens (tertiary/aromatic N) is 1. The molecule has 0 aliphatic carbocycles. The summed E-state index contributed by atoms with van der Waals surface area (Å²) in [7, 11) is 0. The highest BCUT2D eigenvalue weighted by Gasteiger charge is 2.33. The Morgan fingerprint density at radius 2 is 2.32 bits per heavy atom. The molecule has 0 aromatic rings. The molecule has 7 nitrogen and oxygen atoms in total. The summed E-state index contributed by atoms with van der Waals surface area (Å²) in [5.74, 6) is -0.846. The minimum atomic E-state index is -0.655. The van der Waals surface area contributed by atoms with Crippen LogP contribution in [0.25, 0.3) is 0 Å². The minimum Gasteiger partial charge on any atom is -0.466 e. The number of amides is 2. The van der Waals surface area contributed by atoms with Gasteiger partial charge in [-0.1, -0.05) is 19.4 Å². The van der Waals surface area contributed by atoms with Gasteiger partial charge in [-0.2, -0.15) is 0 Å². The van der Waals surface area contributed by atoms with Gasteiger partial charge in [0.05, 0.1) is 19.6 Å². The Labute approximate surface area is 131 Å². The van der Waals surface area contributed by atoms with Crippen LogP contribution in [-0.4, -0.2) is 61.5 Å². The number of piperazine rings is 1. The van der Waals surface area contributed by atoms with E-state index < -0.39 is 12.0 Å². The normalized spacial score (nSPS) is 18.4. The number of nitrogens with one attached hydrogen (secondary N) is 2. The van der Waals surface area contributed by atoms with Crippen molar-refractivity contribution < 1.29 is 19.1 Å². The third-order valence-corrected chi connectivity index (χ3v) is 3.35. The first-order valence-corrected chi connectivity index (χ1v) is 7.63. The van der Waals surface area contributed by atoms with E-state index in [2.05, 4.69) is 17.2 Å². The standard InChI is InChI=1S/C15H25N3O4/c1-3-5-9-22-14(20)10-12-15(21)17-7-8-18(12)11-13(19)16-6-4-2/h4,12H,2-3,5-11H2,1H3,(H,16,19)(H,17,21). The van der Waals surface area contributed by atoms with Gasteiger partial charge < -0.3 is 15.4 Å². The van der Waals surface area contributed by atoms with E-state index in [-0.39, 0.29) is 24.8 Å². The fourth-order valence-electron chi connectivity index (χ4n) is 2.15. The van der Waals surface area contributed by atoms with Crippen LogP contribution in [0.3, 0.4) is 0 Å². The van der Waals surface area contributed by atoms with Crippen molar-refractivity contribution >= 4 is 17.8 Å². The van der Waals surface area contributed by atoms with Crippen molar-refractivity contribution in [2.75, 3.05) is 32.8 Å². The van der Waals surface area contributed by atoms with Crippen molar-refractivity contribution in [1.82, 2.24) is 15.5 Å². The summed E-state index contributed by atoms with van der Waals surface area (Å²) >= 11 is 0. The maximum Gasteiger partial charge on any atom is 0.307 e. The zero-order chi connectivity index (χ0) is 16.4. The third-order valence-electron chi connectivity index (χ3n) is 3.35. The van der Waals surface area contributed by atoms with Crippen LogP contribution in [0.4, 0.5) is 0 Å². The van der Waals surface area contributed by atoms with E-state index in [0.29, 0.717) is 26.2 Å². The average molecular weight is 311 g/mol. The van der Waals surface area contributed by atoms with Gasteiger partial charge in [0.15, 0.2) is 0 Å². The first-order valence-electron chi connectivity index (χ1n) is 7.63. The van der Waals surface area contributed by atoms with Crippen molar-refractivity contribution in [2.24, 2.45) is 0 Å². The summed E-state index contributed by atoms with van der Waals surface area (Å²) < 4.78 is 5.09. The second-order valence-corrected chi connectivity index (χ2v) is 5.15. The van der Waals surface area contributed by atoms with Gasteiger partial charge in [-0.15, -0.1) is 6.58 Å². The van der Waals surface area contributed by atoms with E-state index >= 15 is 0 Å². The van der Waals surface area contributed by atoms with Crippen LogP contribution in [0.5, 0.6) is 0 Å². The van der Waals surface area contributed by atoms with Crippen LogP contribution in [0.2, 0.25) is 0 Å². The van der Waals surface area contributed by atoms with Gasteiger partial charge in [-0.25, -0.2) is 0 Å². The van der Waals surface area contributed by atoms with Crippen LogP contribution in [-0.2, 0) is 19.1 Å². The predicted octanol–water partition coefficient (Wildman–Crippen LogP) is -0.178. The molecule has 0 aromatic heterocycles. The lowest BCUT2D eigenvalue weighted by atomic mass is 10.1. The molecule has 7 heteroatoms. The smallest absolute Gasteiger partial charge is 0.307 e. The van der Waals surface area contributed by atoms with Gasteiger partial charge in [-0.3, -0.25) is 19.3 Å². The summed E-state index contributed by atoms with van der Waals surface area (Å²) in [4.78, 5) is 37.2. The van der Waals surface area contributed by atoms with Gasteiger partial charge in [0.25, 0.3) is 0 Å². The first kappa shape index (κ1) is 18.2. The van der Waals surface area contributed by atoms with Gasteiger partial charge in [0, 0.05) is 19.6 Å². The van der Waals surface area contributed by atoms with Gasteiger partial charge in [0.1, 0.15) is 6.04 Å². The van der Waals surface area contributed by atoms with Gasteiger partial charge >= 0.3 is 5.97 Å². The van der Waals surface area contributed by atoms with Gasteiger partial charge in [-0.05, 0) is 6.42 Å². The fraction of sp³-hybridized carbons (Fsp3) is 0.667. The number of carbonyl (C=O) groups excluding carboxylic acids is 3. The monoisotopic (exact) mass is 311 g/mol. The molecular weight excluding hydrogens is 286 g/mol. The molecule has 1 atom stereocenters. The molecular formula is C15H25N3O4. The number of esters is 1. The highest BCUT2D eigenvalue weighted by molar-refractivity contribution is 5.88. The molecule has 22 heavy (non-hydrogen) atoms.